The molecule has 0 amide bonds. The smallest absolute Gasteiger partial charge is 0.335 e. The van der Waals surface area contributed by atoms with Crippen LogP contribution in [0.1, 0.15) is 19.8 Å². The Morgan fingerprint density at radius 2 is 2.29 bits per heavy atom. The van der Waals surface area contributed by atoms with Crippen LogP contribution in [-0.2, 0) is 9.53 Å². The van der Waals surface area contributed by atoms with Crippen molar-refractivity contribution >= 4 is 5.97 Å². The molecule has 14 heavy (non-hydrogen) atoms. The molecular weight excluding hydrogens is 186 g/mol. The molecule has 0 aromatic rings. The van der Waals surface area contributed by atoms with E-state index in [9.17, 15) is 15.0 Å². The Balaban J connectivity index is 2.82. The van der Waals surface area contributed by atoms with E-state index in [1.54, 1.807) is 6.92 Å². The van der Waals surface area contributed by atoms with Crippen LogP contribution in [0.15, 0.2) is 11.3 Å². The Kier molecular flexibility index (Phi) is 3.49. The molecule has 0 spiro atoms. The van der Waals surface area contributed by atoms with Gasteiger partial charge in [0.05, 0.1) is 24.0 Å². The Labute approximate surface area is 82.2 Å². The largest absolute Gasteiger partial charge is 0.463 e. The summed E-state index contributed by atoms with van der Waals surface area (Å²) in [6.45, 7) is 1.97. The first kappa shape index (κ1) is 11.0. The van der Waals surface area contributed by atoms with Crippen LogP contribution in [0.4, 0.5) is 0 Å². The number of ether oxygens (including phenoxy) is 1. The van der Waals surface area contributed by atoms with Gasteiger partial charge in [-0.1, -0.05) is 0 Å². The highest BCUT2D eigenvalue weighted by Gasteiger charge is 2.30. The van der Waals surface area contributed by atoms with Crippen molar-refractivity contribution in [3.63, 3.8) is 0 Å². The van der Waals surface area contributed by atoms with Gasteiger partial charge in [-0.05, 0) is 19.8 Å². The first-order valence-electron chi connectivity index (χ1n) is 4.59. The summed E-state index contributed by atoms with van der Waals surface area (Å²) in [5.74, 6) is -0.504. The summed E-state index contributed by atoms with van der Waals surface area (Å²) in [5, 5.41) is 18.7. The third kappa shape index (κ3) is 2.05. The van der Waals surface area contributed by atoms with Gasteiger partial charge in [0.1, 0.15) is 6.10 Å². The van der Waals surface area contributed by atoms with Crippen molar-refractivity contribution in [1.29, 1.82) is 0 Å². The topological polar surface area (TPSA) is 92.8 Å². The van der Waals surface area contributed by atoms with Gasteiger partial charge in [-0.2, -0.15) is 0 Å². The molecule has 0 fully saturated rings. The lowest BCUT2D eigenvalue weighted by Gasteiger charge is -2.25. The first-order chi connectivity index (χ1) is 6.57. The van der Waals surface area contributed by atoms with E-state index in [-0.39, 0.29) is 17.9 Å². The molecule has 1 aliphatic carbocycles. The molecule has 0 bridgehead atoms. The van der Waals surface area contributed by atoms with Crippen LogP contribution in [0, 0.1) is 0 Å². The van der Waals surface area contributed by atoms with E-state index in [1.165, 1.54) is 0 Å². The van der Waals surface area contributed by atoms with Gasteiger partial charge in [-0.3, -0.25) is 0 Å². The number of carbonyl (C=O) groups excluding carboxylic acids is 1. The zero-order valence-corrected chi connectivity index (χ0v) is 8.06. The van der Waals surface area contributed by atoms with Crippen LogP contribution in [0.5, 0.6) is 0 Å². The lowest BCUT2D eigenvalue weighted by molar-refractivity contribution is -0.139. The fourth-order valence-corrected chi connectivity index (χ4v) is 1.42. The number of rotatable bonds is 2. The molecule has 1 aliphatic rings. The average molecular weight is 201 g/mol. The Morgan fingerprint density at radius 1 is 1.64 bits per heavy atom. The molecule has 80 valence electrons. The van der Waals surface area contributed by atoms with E-state index >= 15 is 0 Å². The Hall–Kier alpha value is -1.07. The second-order valence-electron chi connectivity index (χ2n) is 3.21. The maximum atomic E-state index is 11.3. The molecule has 0 aromatic carbocycles. The number of esters is 1. The first-order valence-corrected chi connectivity index (χ1v) is 4.59. The predicted octanol–water partition coefficient (Wildman–Crippen LogP) is -0.722. The van der Waals surface area contributed by atoms with Gasteiger partial charge in [0, 0.05) is 0 Å². The summed E-state index contributed by atoms with van der Waals surface area (Å²) in [7, 11) is 0. The molecular formula is C9H15NO4. The number of hydrogen-bond acceptors (Lipinski definition) is 5. The molecule has 5 nitrogen and oxygen atoms in total. The minimum absolute atomic E-state index is 0.0298. The average Bonchev–Trinajstić information content (AvgIpc) is 2.15. The van der Waals surface area contributed by atoms with Gasteiger partial charge >= 0.3 is 5.97 Å². The molecule has 2 atom stereocenters. The molecule has 1 rings (SSSR count). The maximum absolute atomic E-state index is 11.3. The fourth-order valence-electron chi connectivity index (χ4n) is 1.42. The molecule has 0 saturated carbocycles. The quantitative estimate of drug-likeness (QED) is 0.513. The second kappa shape index (κ2) is 4.43. The maximum Gasteiger partial charge on any atom is 0.335 e. The van der Waals surface area contributed by atoms with E-state index < -0.39 is 18.2 Å². The zero-order valence-electron chi connectivity index (χ0n) is 8.06. The molecule has 2 unspecified atom stereocenters. The Bertz CT molecular complexity index is 262. The van der Waals surface area contributed by atoms with Crippen molar-refractivity contribution in [2.45, 2.75) is 32.0 Å². The molecule has 0 saturated heterocycles. The van der Waals surface area contributed by atoms with E-state index in [0.717, 1.165) is 0 Å². The van der Waals surface area contributed by atoms with Gasteiger partial charge in [-0.15, -0.1) is 0 Å². The SMILES string of the molecule is CCOC(=O)C1=C(N)C(O)C(O)CC1. The monoisotopic (exact) mass is 201 g/mol. The molecule has 0 aliphatic heterocycles. The fraction of sp³-hybridized carbons (Fsp3) is 0.667. The minimum atomic E-state index is -1.15. The number of nitrogens with two attached hydrogens (primary N) is 1. The van der Waals surface area contributed by atoms with E-state index in [4.69, 9.17) is 10.5 Å². The van der Waals surface area contributed by atoms with Crippen LogP contribution in [0.2, 0.25) is 0 Å². The molecule has 4 N–H and O–H groups in total. The van der Waals surface area contributed by atoms with E-state index in [0.29, 0.717) is 12.8 Å². The third-order valence-electron chi connectivity index (χ3n) is 2.24. The molecule has 0 heterocycles. The van der Waals surface area contributed by atoms with Crippen molar-refractivity contribution in [2.75, 3.05) is 6.61 Å². The van der Waals surface area contributed by atoms with Crippen molar-refractivity contribution in [3.05, 3.63) is 11.3 Å². The summed E-state index contributed by atoms with van der Waals surface area (Å²) >= 11 is 0. The van der Waals surface area contributed by atoms with Gasteiger partial charge in [0.25, 0.3) is 0 Å². The lowest BCUT2D eigenvalue weighted by Crippen LogP contribution is -2.37. The number of aliphatic hydroxyl groups is 2. The minimum Gasteiger partial charge on any atom is -0.463 e. The van der Waals surface area contributed by atoms with Crippen molar-refractivity contribution in [1.82, 2.24) is 0 Å². The standard InChI is InChI=1S/C9H15NO4/c1-2-14-9(13)5-3-4-6(11)8(12)7(5)10/h6,8,11-12H,2-4,10H2,1H3. The molecule has 0 aromatic heterocycles. The predicted molar refractivity (Wildman–Crippen MR) is 49.1 cm³/mol. The number of carbonyl (C=O) groups is 1. The van der Waals surface area contributed by atoms with Crippen LogP contribution < -0.4 is 5.73 Å². The van der Waals surface area contributed by atoms with Gasteiger partial charge in [0.2, 0.25) is 0 Å². The summed E-state index contributed by atoms with van der Waals surface area (Å²) in [6.07, 6.45) is -1.35. The highest BCUT2D eigenvalue weighted by atomic mass is 16.5. The van der Waals surface area contributed by atoms with Gasteiger partial charge < -0.3 is 20.7 Å². The lowest BCUT2D eigenvalue weighted by atomic mass is 9.92. The highest BCUT2D eigenvalue weighted by Crippen LogP contribution is 2.23. The Morgan fingerprint density at radius 3 is 2.86 bits per heavy atom. The normalized spacial score (nSPS) is 27.6. The van der Waals surface area contributed by atoms with Crippen molar-refractivity contribution < 1.29 is 19.7 Å². The van der Waals surface area contributed by atoms with E-state index in [1.807, 2.05) is 0 Å². The van der Waals surface area contributed by atoms with Crippen molar-refractivity contribution in [2.24, 2.45) is 5.73 Å². The summed E-state index contributed by atoms with van der Waals surface area (Å²) in [6, 6.07) is 0. The number of hydrogen-bond donors (Lipinski definition) is 3. The number of aliphatic hydroxyl groups excluding tert-OH is 2. The zero-order chi connectivity index (χ0) is 10.7. The molecule has 0 radical (unpaired) electrons. The third-order valence-corrected chi connectivity index (χ3v) is 2.24. The van der Waals surface area contributed by atoms with E-state index in [2.05, 4.69) is 0 Å². The van der Waals surface area contributed by atoms with Crippen LogP contribution in [0.25, 0.3) is 0 Å². The van der Waals surface area contributed by atoms with Crippen LogP contribution in [0.3, 0.4) is 0 Å². The van der Waals surface area contributed by atoms with Crippen LogP contribution >= 0.6 is 0 Å². The summed E-state index contributed by atoms with van der Waals surface area (Å²) in [4.78, 5) is 11.3. The second-order valence-corrected chi connectivity index (χ2v) is 3.21. The van der Waals surface area contributed by atoms with Crippen LogP contribution in [-0.4, -0.2) is 35.0 Å². The summed E-state index contributed by atoms with van der Waals surface area (Å²) < 4.78 is 4.77. The summed E-state index contributed by atoms with van der Waals surface area (Å²) in [5.41, 5.74) is 5.82. The van der Waals surface area contributed by atoms with Crippen molar-refractivity contribution in [3.8, 4) is 0 Å². The van der Waals surface area contributed by atoms with Gasteiger partial charge in [-0.25, -0.2) is 4.79 Å². The highest BCUT2D eigenvalue weighted by molar-refractivity contribution is 5.89. The van der Waals surface area contributed by atoms with Gasteiger partial charge in [0.15, 0.2) is 0 Å². The molecule has 5 heteroatoms.